The zero-order chi connectivity index (χ0) is 19.2. The quantitative estimate of drug-likeness (QED) is 0.725. The van der Waals surface area contributed by atoms with Crippen molar-refractivity contribution in [2.75, 3.05) is 19.6 Å². The lowest BCUT2D eigenvalue weighted by molar-refractivity contribution is -0.139. The second-order valence-electron chi connectivity index (χ2n) is 6.90. The van der Waals surface area contributed by atoms with Gasteiger partial charge in [-0.15, -0.1) is 0 Å². The molecule has 1 fully saturated rings. The van der Waals surface area contributed by atoms with Gasteiger partial charge in [0.25, 0.3) is 0 Å². The van der Waals surface area contributed by atoms with Gasteiger partial charge in [0.2, 0.25) is 10.0 Å². The van der Waals surface area contributed by atoms with Crippen molar-refractivity contribution >= 4 is 21.8 Å². The molecule has 0 aliphatic carbocycles. The minimum absolute atomic E-state index is 0.165. The summed E-state index contributed by atoms with van der Waals surface area (Å²) in [4.78, 5) is 23.6. The number of amides is 2. The molecule has 1 aliphatic heterocycles. The zero-order valence-electron chi connectivity index (χ0n) is 15.3. The number of piperidine rings is 1. The van der Waals surface area contributed by atoms with Crippen LogP contribution in [0.2, 0.25) is 0 Å². The molecule has 0 atom stereocenters. The first-order chi connectivity index (χ1) is 12.3. The maximum atomic E-state index is 12.6. The van der Waals surface area contributed by atoms with Crippen LogP contribution in [-0.2, 0) is 26.2 Å². The van der Waals surface area contributed by atoms with Crippen molar-refractivity contribution in [1.29, 1.82) is 0 Å². The molecule has 26 heavy (non-hydrogen) atoms. The average molecular weight is 381 g/mol. The summed E-state index contributed by atoms with van der Waals surface area (Å²) in [5.41, 5.74) is 0.729. The molecule has 1 saturated heterocycles. The summed E-state index contributed by atoms with van der Waals surface area (Å²) in [6.45, 7) is 5.61. The van der Waals surface area contributed by atoms with Gasteiger partial charge < -0.3 is 10.6 Å². The Balaban J connectivity index is 1.91. The van der Waals surface area contributed by atoms with Crippen molar-refractivity contribution in [3.63, 3.8) is 0 Å². The monoisotopic (exact) mass is 381 g/mol. The number of benzene rings is 1. The number of rotatable bonds is 6. The molecular formula is C18H27N3O4S. The normalized spacial score (nSPS) is 15.7. The van der Waals surface area contributed by atoms with Crippen molar-refractivity contribution in [3.8, 4) is 0 Å². The smallest absolute Gasteiger partial charge is 0.309 e. The Kier molecular flexibility index (Phi) is 7.16. The molecule has 0 bridgehead atoms. The van der Waals surface area contributed by atoms with E-state index < -0.39 is 21.8 Å². The highest BCUT2D eigenvalue weighted by Crippen LogP contribution is 2.20. The summed E-state index contributed by atoms with van der Waals surface area (Å²) in [5.74, 6) is -1.10. The molecule has 1 heterocycles. The van der Waals surface area contributed by atoms with Gasteiger partial charge in [-0.3, -0.25) is 9.59 Å². The number of hydrogen-bond donors (Lipinski definition) is 2. The van der Waals surface area contributed by atoms with E-state index in [-0.39, 0.29) is 17.4 Å². The van der Waals surface area contributed by atoms with Crippen molar-refractivity contribution in [2.45, 2.75) is 44.6 Å². The van der Waals surface area contributed by atoms with Crippen molar-refractivity contribution in [3.05, 3.63) is 29.8 Å². The van der Waals surface area contributed by atoms with Crippen LogP contribution < -0.4 is 10.6 Å². The molecular weight excluding hydrogens is 354 g/mol. The van der Waals surface area contributed by atoms with E-state index in [0.717, 1.165) is 24.8 Å². The Hall–Kier alpha value is -1.93. The Morgan fingerprint density at radius 3 is 2.15 bits per heavy atom. The van der Waals surface area contributed by atoms with E-state index in [1.54, 1.807) is 24.3 Å². The van der Waals surface area contributed by atoms with Crippen molar-refractivity contribution in [2.24, 2.45) is 5.92 Å². The number of nitrogens with zero attached hydrogens (tertiary/aromatic N) is 1. The maximum Gasteiger partial charge on any atom is 0.309 e. The van der Waals surface area contributed by atoms with Gasteiger partial charge in [0.1, 0.15) is 0 Å². The second kappa shape index (κ2) is 9.14. The average Bonchev–Trinajstić information content (AvgIpc) is 2.65. The predicted octanol–water partition coefficient (Wildman–Crippen LogP) is 1.25. The predicted molar refractivity (Wildman–Crippen MR) is 98.7 cm³/mol. The van der Waals surface area contributed by atoms with Gasteiger partial charge in [-0.1, -0.05) is 32.4 Å². The largest absolute Gasteiger partial charge is 0.348 e. The molecule has 0 saturated carbocycles. The first-order valence-electron chi connectivity index (χ1n) is 8.96. The van der Waals surface area contributed by atoms with Gasteiger partial charge in [0.05, 0.1) is 4.90 Å². The number of nitrogens with one attached hydrogen (secondary N) is 2. The molecule has 2 amide bonds. The number of sulfonamides is 1. The van der Waals surface area contributed by atoms with E-state index in [1.165, 1.54) is 4.31 Å². The molecule has 2 rings (SSSR count). The van der Waals surface area contributed by atoms with Crippen LogP contribution in [0.4, 0.5) is 0 Å². The summed E-state index contributed by atoms with van der Waals surface area (Å²) in [6, 6.07) is 6.40. The van der Waals surface area contributed by atoms with Crippen LogP contribution >= 0.6 is 0 Å². The highest BCUT2D eigenvalue weighted by molar-refractivity contribution is 7.89. The fraction of sp³-hybridized carbons (Fsp3) is 0.556. The van der Waals surface area contributed by atoms with Gasteiger partial charge in [-0.2, -0.15) is 4.31 Å². The van der Waals surface area contributed by atoms with Crippen LogP contribution in [0.3, 0.4) is 0 Å². The molecule has 0 aromatic heterocycles. The summed E-state index contributed by atoms with van der Waals surface area (Å²) in [7, 11) is -3.46. The van der Waals surface area contributed by atoms with Gasteiger partial charge in [-0.05, 0) is 36.5 Å². The van der Waals surface area contributed by atoms with Crippen LogP contribution in [0, 0.1) is 5.92 Å². The third kappa shape index (κ3) is 5.54. The Labute approximate surface area is 155 Å². The third-order valence-electron chi connectivity index (χ3n) is 4.21. The summed E-state index contributed by atoms with van der Waals surface area (Å²) >= 11 is 0. The molecule has 1 aromatic carbocycles. The van der Waals surface area contributed by atoms with Crippen LogP contribution in [0.5, 0.6) is 0 Å². The minimum atomic E-state index is -3.46. The molecule has 2 N–H and O–H groups in total. The van der Waals surface area contributed by atoms with E-state index in [2.05, 4.69) is 10.6 Å². The summed E-state index contributed by atoms with van der Waals surface area (Å²) in [6.07, 6.45) is 2.85. The SMILES string of the molecule is CC(C)CNC(=O)C(=O)NCc1ccc(S(=O)(=O)N2CCCCC2)cc1. The lowest BCUT2D eigenvalue weighted by Crippen LogP contribution is -2.40. The summed E-state index contributed by atoms with van der Waals surface area (Å²) in [5, 5.41) is 5.08. The van der Waals surface area contributed by atoms with E-state index >= 15 is 0 Å². The Morgan fingerprint density at radius 2 is 1.58 bits per heavy atom. The number of carbonyl (C=O) groups is 2. The van der Waals surface area contributed by atoms with Gasteiger partial charge in [0.15, 0.2) is 0 Å². The number of hydrogen-bond acceptors (Lipinski definition) is 4. The van der Waals surface area contributed by atoms with E-state index in [0.29, 0.717) is 19.6 Å². The van der Waals surface area contributed by atoms with E-state index in [1.807, 2.05) is 13.8 Å². The Morgan fingerprint density at radius 1 is 1.00 bits per heavy atom. The molecule has 0 unspecified atom stereocenters. The summed E-state index contributed by atoms with van der Waals surface area (Å²) < 4.78 is 26.7. The minimum Gasteiger partial charge on any atom is -0.348 e. The molecule has 8 heteroatoms. The molecule has 0 radical (unpaired) electrons. The van der Waals surface area contributed by atoms with Crippen LogP contribution in [0.1, 0.15) is 38.7 Å². The van der Waals surface area contributed by atoms with Crippen LogP contribution in [0.25, 0.3) is 0 Å². The van der Waals surface area contributed by atoms with Crippen LogP contribution in [-0.4, -0.2) is 44.2 Å². The van der Waals surface area contributed by atoms with E-state index in [9.17, 15) is 18.0 Å². The second-order valence-corrected chi connectivity index (χ2v) is 8.83. The first kappa shape index (κ1) is 20.4. The third-order valence-corrected chi connectivity index (χ3v) is 6.12. The topological polar surface area (TPSA) is 95.6 Å². The Bertz CT molecular complexity index is 723. The van der Waals surface area contributed by atoms with Gasteiger partial charge >= 0.3 is 11.8 Å². The van der Waals surface area contributed by atoms with Crippen molar-refractivity contribution in [1.82, 2.24) is 14.9 Å². The molecule has 0 spiro atoms. The van der Waals surface area contributed by atoms with Crippen LogP contribution in [0.15, 0.2) is 29.2 Å². The fourth-order valence-electron chi connectivity index (χ4n) is 2.67. The number of carbonyl (C=O) groups excluding carboxylic acids is 2. The van der Waals surface area contributed by atoms with Gasteiger partial charge in [-0.25, -0.2) is 8.42 Å². The lowest BCUT2D eigenvalue weighted by Gasteiger charge is -2.25. The zero-order valence-corrected chi connectivity index (χ0v) is 16.1. The lowest BCUT2D eigenvalue weighted by atomic mass is 10.2. The first-order valence-corrected chi connectivity index (χ1v) is 10.4. The maximum absolute atomic E-state index is 12.6. The molecule has 1 aromatic rings. The van der Waals surface area contributed by atoms with E-state index in [4.69, 9.17) is 0 Å². The van der Waals surface area contributed by atoms with Crippen molar-refractivity contribution < 1.29 is 18.0 Å². The van der Waals surface area contributed by atoms with Gasteiger partial charge in [0, 0.05) is 26.2 Å². The molecule has 1 aliphatic rings. The molecule has 144 valence electrons. The highest BCUT2D eigenvalue weighted by atomic mass is 32.2. The standard InChI is InChI=1S/C18H27N3O4S/c1-14(2)12-19-17(22)18(23)20-13-15-6-8-16(9-7-15)26(24,25)21-10-4-3-5-11-21/h6-9,14H,3-5,10-13H2,1-2H3,(H,19,22)(H,20,23). The highest BCUT2D eigenvalue weighted by Gasteiger charge is 2.25. The fourth-order valence-corrected chi connectivity index (χ4v) is 4.19. The molecule has 7 nitrogen and oxygen atoms in total.